The number of rotatable bonds is 4. The number of carbonyl (C=O) groups excluding carboxylic acids is 1. The van der Waals surface area contributed by atoms with Crippen LogP contribution >= 0.6 is 51.1 Å². The van der Waals surface area contributed by atoms with E-state index in [0.717, 1.165) is 26.1 Å². The lowest BCUT2D eigenvalue weighted by Crippen LogP contribution is -2.38. The summed E-state index contributed by atoms with van der Waals surface area (Å²) in [7, 11) is 0. The molecular formula is C22H15BrClN3OS2. The van der Waals surface area contributed by atoms with Crippen LogP contribution in [0.1, 0.15) is 15.9 Å². The fraction of sp³-hybridized carbons (Fsp3) is 0.0455. The van der Waals surface area contributed by atoms with Gasteiger partial charge in [0.2, 0.25) is 0 Å². The predicted molar refractivity (Wildman–Crippen MR) is 131 cm³/mol. The summed E-state index contributed by atoms with van der Waals surface area (Å²) in [6, 6.07) is 21.3. The molecule has 8 heteroatoms. The molecule has 0 saturated heterocycles. The maximum atomic E-state index is 12.4. The maximum Gasteiger partial charge on any atom is 0.258 e. The highest BCUT2D eigenvalue weighted by Crippen LogP contribution is 2.30. The number of carbonyl (C=O) groups is 1. The standard InChI is InChI=1S/C22H15BrClN3OS2/c23-15-9-10-17(24)16(11-15)20(28)27-22(29)25-12-13-5-7-14(8-6-13)21-26-18-3-1-2-4-19(18)30-21/h1-11H,12H2,(H2,25,27,28,29). The highest BCUT2D eigenvalue weighted by Gasteiger charge is 2.12. The molecule has 0 aliphatic heterocycles. The molecule has 0 aliphatic carbocycles. The zero-order valence-corrected chi connectivity index (χ0v) is 19.5. The number of hydrogen-bond acceptors (Lipinski definition) is 4. The Hall–Kier alpha value is -2.32. The fourth-order valence-electron chi connectivity index (χ4n) is 2.83. The Morgan fingerprint density at radius 3 is 2.63 bits per heavy atom. The van der Waals surface area contributed by atoms with Crippen LogP contribution in [0.5, 0.6) is 0 Å². The van der Waals surface area contributed by atoms with Gasteiger partial charge in [-0.15, -0.1) is 11.3 Å². The third kappa shape index (κ3) is 4.87. The van der Waals surface area contributed by atoms with Gasteiger partial charge in [0.1, 0.15) is 5.01 Å². The highest BCUT2D eigenvalue weighted by molar-refractivity contribution is 9.10. The summed E-state index contributed by atoms with van der Waals surface area (Å²) in [5, 5.41) is 7.30. The van der Waals surface area contributed by atoms with Crippen molar-refractivity contribution < 1.29 is 4.79 Å². The van der Waals surface area contributed by atoms with Gasteiger partial charge in [-0.2, -0.15) is 0 Å². The van der Waals surface area contributed by atoms with E-state index in [4.69, 9.17) is 23.8 Å². The second kappa shape index (κ2) is 9.22. The van der Waals surface area contributed by atoms with Crippen molar-refractivity contribution in [2.75, 3.05) is 0 Å². The molecule has 0 saturated carbocycles. The third-order valence-corrected chi connectivity index (χ3v) is 6.50. The smallest absolute Gasteiger partial charge is 0.258 e. The summed E-state index contributed by atoms with van der Waals surface area (Å²) in [5.41, 5.74) is 3.47. The Morgan fingerprint density at radius 1 is 1.10 bits per heavy atom. The minimum Gasteiger partial charge on any atom is -0.358 e. The number of halogens is 2. The normalized spacial score (nSPS) is 10.7. The first-order chi connectivity index (χ1) is 14.5. The van der Waals surface area contributed by atoms with Crippen LogP contribution in [-0.4, -0.2) is 16.0 Å². The van der Waals surface area contributed by atoms with Gasteiger partial charge >= 0.3 is 0 Å². The summed E-state index contributed by atoms with van der Waals surface area (Å²) < 4.78 is 1.94. The number of amides is 1. The van der Waals surface area contributed by atoms with Crippen molar-refractivity contribution >= 4 is 72.3 Å². The number of fused-ring (bicyclic) bond motifs is 1. The third-order valence-electron chi connectivity index (χ3n) is 4.35. The number of para-hydroxylation sites is 1. The summed E-state index contributed by atoms with van der Waals surface area (Å²) in [4.78, 5) is 17.0. The van der Waals surface area contributed by atoms with Gasteiger partial charge in [-0.1, -0.05) is 63.9 Å². The topological polar surface area (TPSA) is 54.0 Å². The van der Waals surface area contributed by atoms with Crippen LogP contribution in [0.2, 0.25) is 5.02 Å². The molecule has 0 fully saturated rings. The first kappa shape index (κ1) is 20.9. The Morgan fingerprint density at radius 2 is 1.87 bits per heavy atom. The largest absolute Gasteiger partial charge is 0.358 e. The van der Waals surface area contributed by atoms with E-state index in [-0.39, 0.29) is 11.0 Å². The van der Waals surface area contributed by atoms with Crippen LogP contribution in [0.25, 0.3) is 20.8 Å². The summed E-state index contributed by atoms with van der Waals surface area (Å²) in [6.07, 6.45) is 0. The zero-order chi connectivity index (χ0) is 21.1. The summed E-state index contributed by atoms with van der Waals surface area (Å²) in [6.45, 7) is 0.492. The molecule has 4 aromatic rings. The molecule has 0 spiro atoms. The molecule has 30 heavy (non-hydrogen) atoms. The average molecular weight is 517 g/mol. The number of benzene rings is 3. The molecule has 1 heterocycles. The van der Waals surface area contributed by atoms with E-state index in [2.05, 4.69) is 37.6 Å². The number of nitrogens with one attached hydrogen (secondary N) is 2. The van der Waals surface area contributed by atoms with Gasteiger partial charge in [-0.05, 0) is 48.1 Å². The predicted octanol–water partition coefficient (Wildman–Crippen LogP) is 6.18. The van der Waals surface area contributed by atoms with E-state index in [9.17, 15) is 4.79 Å². The molecule has 0 atom stereocenters. The SMILES string of the molecule is O=C(NC(=S)NCc1ccc(-c2nc3ccccc3s2)cc1)c1cc(Br)ccc1Cl. The molecule has 0 radical (unpaired) electrons. The monoisotopic (exact) mass is 515 g/mol. The van der Waals surface area contributed by atoms with Crippen LogP contribution in [-0.2, 0) is 6.54 Å². The lowest BCUT2D eigenvalue weighted by Gasteiger charge is -2.11. The first-order valence-electron chi connectivity index (χ1n) is 8.99. The number of thiazole rings is 1. The minimum absolute atomic E-state index is 0.242. The van der Waals surface area contributed by atoms with Gasteiger partial charge in [-0.25, -0.2) is 4.98 Å². The Labute approximate surface area is 196 Å². The number of aromatic nitrogens is 1. The molecular weight excluding hydrogens is 502 g/mol. The van der Waals surface area contributed by atoms with Gasteiger partial charge < -0.3 is 5.32 Å². The van der Waals surface area contributed by atoms with E-state index in [1.54, 1.807) is 29.5 Å². The highest BCUT2D eigenvalue weighted by atomic mass is 79.9. The molecule has 0 bridgehead atoms. The second-order valence-electron chi connectivity index (χ2n) is 6.44. The summed E-state index contributed by atoms with van der Waals surface area (Å²) >= 11 is 16.3. The average Bonchev–Trinajstić information content (AvgIpc) is 3.18. The number of nitrogens with zero attached hydrogens (tertiary/aromatic N) is 1. The van der Waals surface area contributed by atoms with Crippen molar-refractivity contribution in [2.45, 2.75) is 6.54 Å². The second-order valence-corrected chi connectivity index (χ2v) is 9.21. The van der Waals surface area contributed by atoms with Crippen LogP contribution in [0.3, 0.4) is 0 Å². The summed E-state index contributed by atoms with van der Waals surface area (Å²) in [5.74, 6) is -0.356. The fourth-order valence-corrected chi connectivity index (χ4v) is 4.53. The maximum absolute atomic E-state index is 12.4. The van der Waals surface area contributed by atoms with Crippen LogP contribution in [0.4, 0.5) is 0 Å². The van der Waals surface area contributed by atoms with Gasteiger partial charge in [0.15, 0.2) is 5.11 Å². The molecule has 0 aliphatic rings. The van der Waals surface area contributed by atoms with Crippen molar-refractivity contribution in [2.24, 2.45) is 0 Å². The molecule has 0 unspecified atom stereocenters. The molecule has 1 amide bonds. The quantitative estimate of drug-likeness (QED) is 0.318. The molecule has 2 N–H and O–H groups in total. The van der Waals surface area contributed by atoms with Crippen LogP contribution in [0.15, 0.2) is 71.2 Å². The lowest BCUT2D eigenvalue weighted by atomic mass is 10.1. The Balaban J connectivity index is 1.36. The van der Waals surface area contributed by atoms with Crippen LogP contribution in [0, 0.1) is 0 Å². The minimum atomic E-state index is -0.356. The Bertz CT molecular complexity index is 1210. The van der Waals surface area contributed by atoms with E-state index >= 15 is 0 Å². The number of hydrogen-bond donors (Lipinski definition) is 2. The van der Waals surface area contributed by atoms with Crippen molar-refractivity contribution in [1.29, 1.82) is 0 Å². The molecule has 4 rings (SSSR count). The van der Waals surface area contributed by atoms with Crippen molar-refractivity contribution in [1.82, 2.24) is 15.6 Å². The van der Waals surface area contributed by atoms with Crippen molar-refractivity contribution in [3.8, 4) is 10.6 Å². The molecule has 150 valence electrons. The van der Waals surface area contributed by atoms with E-state index in [0.29, 0.717) is 17.1 Å². The van der Waals surface area contributed by atoms with Gasteiger partial charge in [0.25, 0.3) is 5.91 Å². The molecule has 3 aromatic carbocycles. The first-order valence-corrected chi connectivity index (χ1v) is 11.4. The molecule has 4 nitrogen and oxygen atoms in total. The van der Waals surface area contributed by atoms with Gasteiger partial charge in [-0.3, -0.25) is 10.1 Å². The van der Waals surface area contributed by atoms with E-state index in [1.807, 2.05) is 42.5 Å². The van der Waals surface area contributed by atoms with Crippen molar-refractivity contribution in [3.05, 3.63) is 87.4 Å². The van der Waals surface area contributed by atoms with Gasteiger partial charge in [0, 0.05) is 16.6 Å². The zero-order valence-electron chi connectivity index (χ0n) is 15.5. The Kier molecular flexibility index (Phi) is 6.43. The molecule has 1 aromatic heterocycles. The van der Waals surface area contributed by atoms with Crippen LogP contribution < -0.4 is 10.6 Å². The van der Waals surface area contributed by atoms with Crippen molar-refractivity contribution in [3.63, 3.8) is 0 Å². The number of thiocarbonyl (C=S) groups is 1. The lowest BCUT2D eigenvalue weighted by molar-refractivity contribution is 0.0976. The van der Waals surface area contributed by atoms with Gasteiger partial charge in [0.05, 0.1) is 20.8 Å². The van der Waals surface area contributed by atoms with E-state index < -0.39 is 0 Å². The van der Waals surface area contributed by atoms with E-state index in [1.165, 1.54) is 4.70 Å².